The zero-order chi connectivity index (χ0) is 22.2. The van der Waals surface area contributed by atoms with Crippen LogP contribution in [-0.4, -0.2) is 34.6 Å². The zero-order valence-corrected chi connectivity index (χ0v) is 18.6. The SMILES string of the molecule is O=C(Nc1ccc(Cl)cc1)c1c(NC(=O)C2C3CCC4OC43C2C(=O)O)sc2c1CCC2. The Morgan fingerprint density at radius 2 is 1.91 bits per heavy atom. The molecule has 0 radical (unpaired) electrons. The maximum atomic E-state index is 13.2. The van der Waals surface area contributed by atoms with Crippen LogP contribution in [0.25, 0.3) is 0 Å². The highest BCUT2D eigenvalue weighted by Gasteiger charge is 2.82. The molecule has 2 aromatic rings. The number of carbonyl (C=O) groups is 3. The van der Waals surface area contributed by atoms with Crippen LogP contribution >= 0.6 is 22.9 Å². The zero-order valence-electron chi connectivity index (χ0n) is 17.0. The van der Waals surface area contributed by atoms with Gasteiger partial charge in [0.2, 0.25) is 5.91 Å². The number of hydrogen-bond donors (Lipinski definition) is 3. The lowest BCUT2D eigenvalue weighted by Crippen LogP contribution is -2.60. The predicted molar refractivity (Wildman–Crippen MR) is 119 cm³/mol. The Morgan fingerprint density at radius 3 is 2.62 bits per heavy atom. The van der Waals surface area contributed by atoms with E-state index < -0.39 is 23.4 Å². The monoisotopic (exact) mass is 472 g/mol. The van der Waals surface area contributed by atoms with E-state index in [0.717, 1.165) is 42.5 Å². The second-order valence-corrected chi connectivity index (χ2v) is 10.5. The molecule has 6 rings (SSSR count). The van der Waals surface area contributed by atoms with Crippen LogP contribution in [0.3, 0.4) is 0 Å². The molecule has 2 amide bonds. The molecule has 4 aliphatic rings. The molecule has 1 saturated heterocycles. The first kappa shape index (κ1) is 20.2. The van der Waals surface area contributed by atoms with Gasteiger partial charge in [-0.25, -0.2) is 0 Å². The maximum Gasteiger partial charge on any atom is 0.310 e. The minimum absolute atomic E-state index is 0.0242. The van der Waals surface area contributed by atoms with Gasteiger partial charge in [-0.2, -0.15) is 0 Å². The summed E-state index contributed by atoms with van der Waals surface area (Å²) in [4.78, 5) is 39.4. The Bertz CT molecular complexity index is 1160. The molecule has 1 spiro atoms. The van der Waals surface area contributed by atoms with Gasteiger partial charge < -0.3 is 20.5 Å². The lowest BCUT2D eigenvalue weighted by Gasteiger charge is -2.45. The molecule has 9 heteroatoms. The third-order valence-electron chi connectivity index (χ3n) is 7.45. The summed E-state index contributed by atoms with van der Waals surface area (Å²) in [7, 11) is 0. The number of fused-ring (bicyclic) bond motifs is 1. The number of aryl methyl sites for hydroxylation is 1. The van der Waals surface area contributed by atoms with Gasteiger partial charge in [-0.3, -0.25) is 14.4 Å². The molecule has 7 nitrogen and oxygen atoms in total. The number of nitrogens with one attached hydrogen (secondary N) is 2. The topological polar surface area (TPSA) is 108 Å². The van der Waals surface area contributed by atoms with Crippen LogP contribution in [0.2, 0.25) is 5.02 Å². The Hall–Kier alpha value is -2.42. The van der Waals surface area contributed by atoms with Crippen LogP contribution in [0.4, 0.5) is 10.7 Å². The summed E-state index contributed by atoms with van der Waals surface area (Å²) < 4.78 is 5.70. The molecule has 3 fully saturated rings. The maximum absolute atomic E-state index is 13.2. The Kier molecular flexibility index (Phi) is 4.44. The van der Waals surface area contributed by atoms with Gasteiger partial charge in [-0.1, -0.05) is 11.6 Å². The molecular weight excluding hydrogens is 452 g/mol. The van der Waals surface area contributed by atoms with Crippen LogP contribution in [-0.2, 0) is 27.2 Å². The number of carbonyl (C=O) groups excluding carboxylic acids is 2. The Balaban J connectivity index is 1.27. The number of benzene rings is 1. The van der Waals surface area contributed by atoms with Crippen molar-refractivity contribution in [3.8, 4) is 0 Å². The number of thiophene rings is 1. The van der Waals surface area contributed by atoms with Crippen LogP contribution in [0.15, 0.2) is 24.3 Å². The molecule has 1 aliphatic heterocycles. The summed E-state index contributed by atoms with van der Waals surface area (Å²) in [5.41, 5.74) is 1.44. The first-order chi connectivity index (χ1) is 15.4. The third-order valence-corrected chi connectivity index (χ3v) is 8.91. The van der Waals surface area contributed by atoms with Crippen LogP contribution < -0.4 is 10.6 Å². The van der Waals surface area contributed by atoms with E-state index in [1.807, 2.05) is 0 Å². The van der Waals surface area contributed by atoms with Gasteiger partial charge >= 0.3 is 5.97 Å². The second-order valence-electron chi connectivity index (χ2n) is 9.00. The van der Waals surface area contributed by atoms with Crippen LogP contribution in [0.1, 0.15) is 40.1 Å². The number of carboxylic acid groups (broad SMARTS) is 1. The summed E-state index contributed by atoms with van der Waals surface area (Å²) >= 11 is 7.35. The summed E-state index contributed by atoms with van der Waals surface area (Å²) in [6.07, 6.45) is 4.22. The molecule has 5 unspecified atom stereocenters. The molecule has 1 aromatic carbocycles. The van der Waals surface area contributed by atoms with Gasteiger partial charge in [0.15, 0.2) is 0 Å². The molecule has 2 saturated carbocycles. The van der Waals surface area contributed by atoms with E-state index in [1.165, 1.54) is 11.3 Å². The summed E-state index contributed by atoms with van der Waals surface area (Å²) in [5.74, 6) is -3.12. The van der Waals surface area contributed by atoms with Gasteiger partial charge in [-0.15, -0.1) is 11.3 Å². The fourth-order valence-electron chi connectivity index (χ4n) is 6.07. The molecule has 166 valence electrons. The van der Waals surface area contributed by atoms with Gasteiger partial charge in [0, 0.05) is 21.5 Å². The van der Waals surface area contributed by atoms with Crippen molar-refractivity contribution < 1.29 is 24.2 Å². The van der Waals surface area contributed by atoms with E-state index in [2.05, 4.69) is 10.6 Å². The fraction of sp³-hybridized carbons (Fsp3) is 0.435. The van der Waals surface area contributed by atoms with Crippen molar-refractivity contribution in [2.24, 2.45) is 17.8 Å². The van der Waals surface area contributed by atoms with E-state index in [0.29, 0.717) is 21.3 Å². The van der Waals surface area contributed by atoms with E-state index in [9.17, 15) is 19.5 Å². The van der Waals surface area contributed by atoms with E-state index >= 15 is 0 Å². The van der Waals surface area contributed by atoms with Crippen molar-refractivity contribution in [3.05, 3.63) is 45.3 Å². The fourth-order valence-corrected chi connectivity index (χ4v) is 7.49. The van der Waals surface area contributed by atoms with Crippen molar-refractivity contribution in [2.75, 3.05) is 10.6 Å². The average molecular weight is 473 g/mol. The van der Waals surface area contributed by atoms with E-state index in [-0.39, 0.29) is 23.8 Å². The van der Waals surface area contributed by atoms with Crippen molar-refractivity contribution in [3.63, 3.8) is 0 Å². The second kappa shape index (κ2) is 7.04. The van der Waals surface area contributed by atoms with Crippen molar-refractivity contribution >= 4 is 51.4 Å². The number of carboxylic acids is 1. The summed E-state index contributed by atoms with van der Waals surface area (Å²) in [6, 6.07) is 6.85. The minimum Gasteiger partial charge on any atom is -0.481 e. The highest BCUT2D eigenvalue weighted by molar-refractivity contribution is 7.17. The highest BCUT2D eigenvalue weighted by atomic mass is 35.5. The van der Waals surface area contributed by atoms with E-state index in [4.69, 9.17) is 16.3 Å². The number of aliphatic carboxylic acids is 1. The largest absolute Gasteiger partial charge is 0.481 e. The van der Waals surface area contributed by atoms with Crippen LogP contribution in [0, 0.1) is 17.8 Å². The normalized spacial score (nSPS) is 31.2. The number of epoxide rings is 1. The Morgan fingerprint density at radius 1 is 1.12 bits per heavy atom. The molecule has 1 aromatic heterocycles. The van der Waals surface area contributed by atoms with E-state index in [1.54, 1.807) is 24.3 Å². The molecule has 0 bridgehead atoms. The lowest BCUT2D eigenvalue weighted by atomic mass is 9.56. The number of hydrogen-bond acceptors (Lipinski definition) is 5. The molecular formula is C23H21ClN2O5S. The number of ether oxygens (including phenoxy) is 1. The molecule has 2 heterocycles. The standard InChI is InChI=1S/C23H21ClN2O5S/c24-10-4-6-11(7-5-10)25-19(27)16-12-2-1-3-14(12)32-21(16)26-20(28)17-13-8-9-15-23(13,31-15)18(17)22(29)30/h4-7,13,15,17-18H,1-3,8-9H2,(H,25,27)(H,26,28)(H,29,30). The smallest absolute Gasteiger partial charge is 0.310 e. The molecule has 3 aliphatic carbocycles. The minimum atomic E-state index is -0.986. The summed E-state index contributed by atoms with van der Waals surface area (Å²) in [5, 5.41) is 16.6. The molecule has 32 heavy (non-hydrogen) atoms. The van der Waals surface area contributed by atoms with Gasteiger partial charge in [0.25, 0.3) is 5.91 Å². The first-order valence-corrected chi connectivity index (χ1v) is 12.0. The Labute approximate surface area is 193 Å². The van der Waals surface area contributed by atoms with Crippen molar-refractivity contribution in [1.29, 1.82) is 0 Å². The molecule has 3 N–H and O–H groups in total. The number of rotatable bonds is 5. The van der Waals surface area contributed by atoms with Gasteiger partial charge in [-0.05, 0) is 61.9 Å². The highest BCUT2D eigenvalue weighted by Crippen LogP contribution is 2.70. The predicted octanol–water partition coefficient (Wildman–Crippen LogP) is 3.96. The lowest BCUT2D eigenvalue weighted by molar-refractivity contribution is -0.166. The van der Waals surface area contributed by atoms with Gasteiger partial charge in [0.1, 0.15) is 16.5 Å². The van der Waals surface area contributed by atoms with Crippen molar-refractivity contribution in [2.45, 2.75) is 43.8 Å². The third kappa shape index (κ3) is 2.79. The quantitative estimate of drug-likeness (QED) is 0.571. The van der Waals surface area contributed by atoms with Gasteiger partial charge in [0.05, 0.1) is 17.6 Å². The summed E-state index contributed by atoms with van der Waals surface area (Å²) in [6.45, 7) is 0. The average Bonchev–Trinajstić information content (AvgIpc) is 2.98. The van der Waals surface area contributed by atoms with Crippen molar-refractivity contribution in [1.82, 2.24) is 0 Å². The molecule has 5 atom stereocenters. The number of amides is 2. The number of anilines is 2. The first-order valence-electron chi connectivity index (χ1n) is 10.8. The number of halogens is 1. The van der Waals surface area contributed by atoms with Crippen LogP contribution in [0.5, 0.6) is 0 Å².